The topological polar surface area (TPSA) is 126 Å². The number of carboxylic acid groups (broad SMARTS) is 1. The van der Waals surface area contributed by atoms with Crippen LogP contribution in [0, 0.1) is 18.8 Å². The number of carbonyl (C=O) groups is 2. The predicted octanol–water partition coefficient (Wildman–Crippen LogP) is 5.52. The van der Waals surface area contributed by atoms with E-state index < -0.39 is 5.97 Å². The Hall–Kier alpha value is -3.92. The highest BCUT2D eigenvalue weighted by molar-refractivity contribution is 6.32. The normalized spacial score (nSPS) is 17.6. The molecule has 0 bridgehead atoms. The number of hydrogen-bond donors (Lipinski definition) is 2. The minimum atomic E-state index is -1.14. The molecule has 0 aliphatic heterocycles. The van der Waals surface area contributed by atoms with Gasteiger partial charge in [-0.25, -0.2) is 14.5 Å². The molecule has 1 amide bonds. The van der Waals surface area contributed by atoms with Crippen molar-refractivity contribution >= 4 is 34.9 Å². The minimum absolute atomic E-state index is 0.0283. The van der Waals surface area contributed by atoms with Crippen LogP contribution in [0.5, 0.6) is 5.88 Å². The molecule has 1 aliphatic carbocycles. The fourth-order valence-electron chi connectivity index (χ4n) is 5.14. The number of benzene rings is 1. The molecule has 1 saturated carbocycles. The van der Waals surface area contributed by atoms with Crippen molar-refractivity contribution in [1.29, 1.82) is 0 Å². The standard InChI is InChI=1S/C28H31ClN6O4/c1-15(2)34(26(36)19-7-5-16(3)6-8-19)25-21(28(38)39)14-33(32-25)20-11-9-18(10-12-20)22-13-23-30-17(4)24(29)27(37)35(23)31-22/h9-16,19,37H,5-8H2,1-4H3,(H,38,39)/t16-,19-. The van der Waals surface area contributed by atoms with Crippen molar-refractivity contribution in [1.82, 2.24) is 24.4 Å². The third-order valence-corrected chi connectivity index (χ3v) is 7.83. The van der Waals surface area contributed by atoms with E-state index in [-0.39, 0.29) is 40.2 Å². The number of hydrogen-bond acceptors (Lipinski definition) is 6. The monoisotopic (exact) mass is 550 g/mol. The summed E-state index contributed by atoms with van der Waals surface area (Å²) in [5.74, 6) is -0.775. The average Bonchev–Trinajstić information content (AvgIpc) is 3.53. The van der Waals surface area contributed by atoms with Crippen molar-refractivity contribution in [2.75, 3.05) is 4.90 Å². The van der Waals surface area contributed by atoms with Gasteiger partial charge in [0.2, 0.25) is 11.8 Å². The fraction of sp³-hybridized carbons (Fsp3) is 0.393. The van der Waals surface area contributed by atoms with Crippen molar-refractivity contribution in [3.8, 4) is 22.8 Å². The molecule has 0 unspecified atom stereocenters. The molecule has 0 saturated heterocycles. The van der Waals surface area contributed by atoms with E-state index in [0.29, 0.717) is 28.6 Å². The number of amides is 1. The lowest BCUT2D eigenvalue weighted by Gasteiger charge is -2.32. The van der Waals surface area contributed by atoms with E-state index in [0.717, 1.165) is 31.2 Å². The summed E-state index contributed by atoms with van der Waals surface area (Å²) in [5, 5.41) is 29.4. The molecule has 39 heavy (non-hydrogen) atoms. The molecular formula is C28H31ClN6O4. The second-order valence-electron chi connectivity index (χ2n) is 10.6. The Kier molecular flexibility index (Phi) is 7.07. The third-order valence-electron chi connectivity index (χ3n) is 7.39. The quantitative estimate of drug-likeness (QED) is 0.324. The molecule has 11 heteroatoms. The molecule has 5 rings (SSSR count). The second kappa shape index (κ2) is 10.3. The van der Waals surface area contributed by atoms with E-state index in [1.165, 1.54) is 20.3 Å². The maximum atomic E-state index is 13.6. The second-order valence-corrected chi connectivity index (χ2v) is 10.9. The van der Waals surface area contributed by atoms with Crippen LogP contribution in [0.15, 0.2) is 36.5 Å². The molecule has 4 aromatic rings. The van der Waals surface area contributed by atoms with Crippen LogP contribution in [-0.2, 0) is 4.79 Å². The summed E-state index contributed by atoms with van der Waals surface area (Å²) in [6.07, 6.45) is 5.02. The molecule has 1 aromatic carbocycles. The van der Waals surface area contributed by atoms with Crippen molar-refractivity contribution in [2.24, 2.45) is 11.8 Å². The Morgan fingerprint density at radius 1 is 1.10 bits per heavy atom. The van der Waals surface area contributed by atoms with Gasteiger partial charge in [0, 0.05) is 29.8 Å². The Bertz CT molecular complexity index is 1550. The smallest absolute Gasteiger partial charge is 0.341 e. The van der Waals surface area contributed by atoms with Crippen LogP contribution in [0.25, 0.3) is 22.6 Å². The molecule has 204 valence electrons. The van der Waals surface area contributed by atoms with Crippen LogP contribution < -0.4 is 4.90 Å². The van der Waals surface area contributed by atoms with Gasteiger partial charge in [0.1, 0.15) is 10.6 Å². The summed E-state index contributed by atoms with van der Waals surface area (Å²) >= 11 is 6.10. The minimum Gasteiger partial charge on any atom is -0.492 e. The van der Waals surface area contributed by atoms with Gasteiger partial charge in [0.15, 0.2) is 11.5 Å². The van der Waals surface area contributed by atoms with Gasteiger partial charge in [-0.05, 0) is 64.5 Å². The Labute approximate surface area is 230 Å². The zero-order chi connectivity index (χ0) is 28.0. The molecule has 1 aliphatic rings. The zero-order valence-corrected chi connectivity index (χ0v) is 23.1. The highest BCUT2D eigenvalue weighted by atomic mass is 35.5. The number of fused-ring (bicyclic) bond motifs is 1. The van der Waals surface area contributed by atoms with Crippen molar-refractivity contribution < 1.29 is 19.8 Å². The summed E-state index contributed by atoms with van der Waals surface area (Å²) in [6, 6.07) is 8.70. The van der Waals surface area contributed by atoms with Gasteiger partial charge in [-0.3, -0.25) is 9.69 Å². The van der Waals surface area contributed by atoms with Gasteiger partial charge in [0.25, 0.3) is 0 Å². The van der Waals surface area contributed by atoms with E-state index in [4.69, 9.17) is 11.6 Å². The number of aryl methyl sites for hydroxylation is 1. The first-order valence-electron chi connectivity index (χ1n) is 13.1. The summed E-state index contributed by atoms with van der Waals surface area (Å²) < 4.78 is 2.76. The number of anilines is 1. The summed E-state index contributed by atoms with van der Waals surface area (Å²) in [7, 11) is 0. The molecule has 0 atom stereocenters. The fourth-order valence-corrected chi connectivity index (χ4v) is 5.26. The molecule has 0 radical (unpaired) electrons. The average molecular weight is 551 g/mol. The zero-order valence-electron chi connectivity index (χ0n) is 22.3. The number of carbonyl (C=O) groups excluding carboxylic acids is 1. The SMILES string of the molecule is Cc1nc2cc(-c3ccc(-n4cc(C(=O)O)c(N(C(=O)[C@H]5CC[C@H](C)CC5)C(C)C)n4)cc3)nn2c(O)c1Cl. The van der Waals surface area contributed by atoms with Gasteiger partial charge in [-0.1, -0.05) is 30.7 Å². The van der Waals surface area contributed by atoms with Crippen molar-refractivity contribution in [2.45, 2.75) is 59.4 Å². The number of rotatable bonds is 6. The van der Waals surface area contributed by atoms with Gasteiger partial charge in [-0.2, -0.15) is 9.61 Å². The Morgan fingerprint density at radius 3 is 2.38 bits per heavy atom. The summed E-state index contributed by atoms with van der Waals surface area (Å²) in [4.78, 5) is 31.7. The van der Waals surface area contributed by atoms with Crippen molar-refractivity contribution in [3.05, 3.63) is 52.8 Å². The molecule has 0 spiro atoms. The van der Waals surface area contributed by atoms with E-state index >= 15 is 0 Å². The Balaban J connectivity index is 1.47. The molecular weight excluding hydrogens is 520 g/mol. The van der Waals surface area contributed by atoms with Crippen LogP contribution >= 0.6 is 11.6 Å². The number of aromatic hydroxyl groups is 1. The molecule has 3 aromatic heterocycles. The number of halogens is 1. The number of aromatic nitrogens is 5. The first-order valence-corrected chi connectivity index (χ1v) is 13.4. The van der Waals surface area contributed by atoms with E-state index in [1.807, 2.05) is 26.0 Å². The Morgan fingerprint density at radius 2 is 1.77 bits per heavy atom. The lowest BCUT2D eigenvalue weighted by molar-refractivity contribution is -0.124. The highest BCUT2D eigenvalue weighted by Gasteiger charge is 2.34. The molecule has 2 N–H and O–H groups in total. The maximum absolute atomic E-state index is 13.6. The van der Waals surface area contributed by atoms with E-state index in [2.05, 4.69) is 22.1 Å². The molecule has 1 fully saturated rings. The van der Waals surface area contributed by atoms with Crippen LogP contribution in [0.2, 0.25) is 5.02 Å². The van der Waals surface area contributed by atoms with E-state index in [9.17, 15) is 19.8 Å². The lowest BCUT2D eigenvalue weighted by atomic mass is 9.82. The van der Waals surface area contributed by atoms with Gasteiger partial charge in [0.05, 0.1) is 17.1 Å². The van der Waals surface area contributed by atoms with Gasteiger partial charge >= 0.3 is 5.97 Å². The number of nitrogens with zero attached hydrogens (tertiary/aromatic N) is 6. The maximum Gasteiger partial charge on any atom is 0.341 e. The van der Waals surface area contributed by atoms with Crippen molar-refractivity contribution in [3.63, 3.8) is 0 Å². The molecule has 3 heterocycles. The predicted molar refractivity (Wildman–Crippen MR) is 148 cm³/mol. The van der Waals surface area contributed by atoms with Gasteiger partial charge < -0.3 is 10.2 Å². The first-order chi connectivity index (χ1) is 18.5. The van der Waals surface area contributed by atoms with E-state index in [1.54, 1.807) is 25.1 Å². The highest BCUT2D eigenvalue weighted by Crippen LogP contribution is 2.33. The van der Waals surface area contributed by atoms with Crippen LogP contribution in [-0.4, -0.2) is 52.5 Å². The summed E-state index contributed by atoms with van der Waals surface area (Å²) in [6.45, 7) is 7.65. The van der Waals surface area contributed by atoms with Crippen LogP contribution in [0.1, 0.15) is 62.5 Å². The van der Waals surface area contributed by atoms with Gasteiger partial charge in [-0.15, -0.1) is 5.10 Å². The summed E-state index contributed by atoms with van der Waals surface area (Å²) in [5.41, 5.74) is 2.89. The van der Waals surface area contributed by atoms with Crippen LogP contribution in [0.4, 0.5) is 5.82 Å². The lowest BCUT2D eigenvalue weighted by Crippen LogP contribution is -2.43. The van der Waals surface area contributed by atoms with Crippen LogP contribution in [0.3, 0.4) is 0 Å². The number of carboxylic acids is 1. The largest absolute Gasteiger partial charge is 0.492 e. The first kappa shape index (κ1) is 26.7. The number of aromatic carboxylic acids is 1. The third kappa shape index (κ3) is 4.96. The molecule has 10 nitrogen and oxygen atoms in total.